The standard InChI is InChI=1S/C22H24N2O2.C9H15NO.C4H8.2C2H6/c1-5-11-16(2)21(26-18(4)19-12-7-6-8-13-19)17(3)22(25)24-20-14-9-10-15-23-20;1-4-6-8(3)9(11)10-7-5-2;1-3-4-2;2*1-2/h5-16H,4H2,1-3H3,(H,23,24,25);5-7H,4H2,1-3H3,(H,10,11);3-4H,1-2H3;2*1-2H3/b11-5-,21-17+;7-5+,8-6+;4-3-;;. The van der Waals surface area contributed by atoms with Crippen molar-refractivity contribution in [2.24, 2.45) is 5.92 Å². The number of nitrogens with one attached hydrogen (secondary N) is 2. The summed E-state index contributed by atoms with van der Waals surface area (Å²) in [5.41, 5.74) is 2.12. The first kappa shape index (κ1) is 45.0. The normalized spacial score (nSPS) is 11.6. The Morgan fingerprint density at radius 2 is 1.44 bits per heavy atom. The van der Waals surface area contributed by atoms with Crippen molar-refractivity contribution in [2.75, 3.05) is 5.32 Å². The number of hydrogen-bond acceptors (Lipinski definition) is 4. The maximum absolute atomic E-state index is 12.6. The van der Waals surface area contributed by atoms with Gasteiger partial charge in [0.2, 0.25) is 5.91 Å². The van der Waals surface area contributed by atoms with Crippen LogP contribution >= 0.6 is 0 Å². The quantitative estimate of drug-likeness (QED) is 0.158. The summed E-state index contributed by atoms with van der Waals surface area (Å²) >= 11 is 0. The van der Waals surface area contributed by atoms with E-state index >= 15 is 0 Å². The predicted molar refractivity (Wildman–Crippen MR) is 196 cm³/mol. The summed E-state index contributed by atoms with van der Waals surface area (Å²) in [6, 6.07) is 15.0. The molecule has 1 heterocycles. The summed E-state index contributed by atoms with van der Waals surface area (Å²) in [7, 11) is 0. The Labute approximate surface area is 274 Å². The number of amides is 2. The summed E-state index contributed by atoms with van der Waals surface area (Å²) < 4.78 is 6.02. The van der Waals surface area contributed by atoms with E-state index in [0.717, 1.165) is 17.6 Å². The molecule has 6 heteroatoms. The molecule has 0 aliphatic heterocycles. The Kier molecular flexibility index (Phi) is 31.0. The van der Waals surface area contributed by atoms with Crippen molar-refractivity contribution in [3.63, 3.8) is 0 Å². The molecule has 2 rings (SSSR count). The number of aromatic nitrogens is 1. The maximum Gasteiger partial charge on any atom is 0.255 e. The zero-order valence-corrected chi connectivity index (χ0v) is 29.9. The highest BCUT2D eigenvalue weighted by atomic mass is 16.5. The van der Waals surface area contributed by atoms with E-state index in [4.69, 9.17) is 4.74 Å². The van der Waals surface area contributed by atoms with Crippen LogP contribution < -0.4 is 10.6 Å². The van der Waals surface area contributed by atoms with Crippen LogP contribution in [-0.4, -0.2) is 16.8 Å². The van der Waals surface area contributed by atoms with Gasteiger partial charge in [0.1, 0.15) is 17.3 Å². The van der Waals surface area contributed by atoms with Crippen molar-refractivity contribution in [1.82, 2.24) is 10.3 Å². The van der Waals surface area contributed by atoms with Crippen molar-refractivity contribution in [2.45, 2.75) is 89.5 Å². The monoisotopic (exact) mass is 617 g/mol. The van der Waals surface area contributed by atoms with E-state index in [1.807, 2.05) is 143 Å². The van der Waals surface area contributed by atoms with E-state index in [1.54, 1.807) is 37.5 Å². The van der Waals surface area contributed by atoms with Gasteiger partial charge in [-0.3, -0.25) is 9.59 Å². The molecule has 1 unspecified atom stereocenters. The molecule has 0 aliphatic rings. The smallest absolute Gasteiger partial charge is 0.255 e. The van der Waals surface area contributed by atoms with Crippen molar-refractivity contribution in [3.05, 3.63) is 126 Å². The van der Waals surface area contributed by atoms with Gasteiger partial charge in [-0.15, -0.1) is 0 Å². The van der Waals surface area contributed by atoms with Crippen LogP contribution in [0.3, 0.4) is 0 Å². The lowest BCUT2D eigenvalue weighted by molar-refractivity contribution is -0.116. The molecule has 45 heavy (non-hydrogen) atoms. The number of anilines is 1. The molecule has 0 saturated heterocycles. The van der Waals surface area contributed by atoms with E-state index in [-0.39, 0.29) is 17.7 Å². The minimum atomic E-state index is -0.254. The molecule has 0 aliphatic carbocycles. The molecule has 1 aromatic carbocycles. The zero-order chi connectivity index (χ0) is 35.0. The number of nitrogens with zero attached hydrogens (tertiary/aromatic N) is 1. The Hall–Kier alpha value is -4.45. The second kappa shape index (κ2) is 31.0. The number of carbonyl (C=O) groups is 2. The number of rotatable bonds is 10. The average molecular weight is 618 g/mol. The molecular formula is C39H59N3O3. The van der Waals surface area contributed by atoms with E-state index < -0.39 is 0 Å². The predicted octanol–water partition coefficient (Wildman–Crippen LogP) is 10.8. The molecule has 2 aromatic rings. The minimum Gasteiger partial charge on any atom is -0.461 e. The van der Waals surface area contributed by atoms with Gasteiger partial charge in [-0.2, -0.15) is 0 Å². The molecular weight excluding hydrogens is 558 g/mol. The Bertz CT molecular complexity index is 1200. The largest absolute Gasteiger partial charge is 0.461 e. The molecule has 0 spiro atoms. The van der Waals surface area contributed by atoms with Crippen molar-refractivity contribution in [3.8, 4) is 0 Å². The highest BCUT2D eigenvalue weighted by molar-refractivity contribution is 6.03. The molecule has 0 bridgehead atoms. The van der Waals surface area contributed by atoms with Crippen LogP contribution in [0.15, 0.2) is 121 Å². The highest BCUT2D eigenvalue weighted by Gasteiger charge is 2.19. The van der Waals surface area contributed by atoms with Crippen molar-refractivity contribution >= 4 is 23.4 Å². The molecule has 0 fully saturated rings. The van der Waals surface area contributed by atoms with Gasteiger partial charge in [-0.25, -0.2) is 4.98 Å². The molecule has 248 valence electrons. The molecule has 0 radical (unpaired) electrons. The van der Waals surface area contributed by atoms with Gasteiger partial charge >= 0.3 is 0 Å². The lowest BCUT2D eigenvalue weighted by atomic mass is 10.0. The SMILES string of the molecule is C/C=C/NC(=O)/C(C)=C/CC.C/C=C\C.C=C(O/C(=C(\C)C(=O)Nc1ccccn1)C(C)/C=C\C)c1ccccc1.CC.CC. The number of allylic oxidation sites excluding steroid dienone is 6. The van der Waals surface area contributed by atoms with Crippen LogP contribution in [0.2, 0.25) is 0 Å². The van der Waals surface area contributed by atoms with Crippen molar-refractivity contribution < 1.29 is 14.3 Å². The van der Waals surface area contributed by atoms with E-state index in [0.29, 0.717) is 22.9 Å². The van der Waals surface area contributed by atoms with E-state index in [2.05, 4.69) is 22.2 Å². The molecule has 2 N–H and O–H groups in total. The van der Waals surface area contributed by atoms with Crippen molar-refractivity contribution in [1.29, 1.82) is 0 Å². The summed E-state index contributed by atoms with van der Waals surface area (Å²) in [5.74, 6) is 1.21. The van der Waals surface area contributed by atoms with Gasteiger partial charge < -0.3 is 15.4 Å². The van der Waals surface area contributed by atoms with Crippen LogP contribution in [0.25, 0.3) is 5.76 Å². The topological polar surface area (TPSA) is 80.3 Å². The second-order valence-electron chi connectivity index (χ2n) is 8.80. The first-order chi connectivity index (χ1) is 21.7. The first-order valence-electron chi connectivity index (χ1n) is 15.8. The summed E-state index contributed by atoms with van der Waals surface area (Å²) in [4.78, 5) is 27.8. The van der Waals surface area contributed by atoms with E-state index in [1.165, 1.54) is 0 Å². The number of hydrogen-bond donors (Lipinski definition) is 2. The van der Waals surface area contributed by atoms with Gasteiger partial charge in [0.05, 0.1) is 5.57 Å². The fourth-order valence-corrected chi connectivity index (χ4v) is 3.13. The van der Waals surface area contributed by atoms with Crippen LogP contribution in [-0.2, 0) is 14.3 Å². The summed E-state index contributed by atoms with van der Waals surface area (Å²) in [6.45, 7) is 27.3. The third-order valence-corrected chi connectivity index (χ3v) is 5.42. The third-order valence-electron chi connectivity index (χ3n) is 5.42. The Morgan fingerprint density at radius 3 is 1.91 bits per heavy atom. The second-order valence-corrected chi connectivity index (χ2v) is 8.80. The molecule has 1 atom stereocenters. The van der Waals surface area contributed by atoms with Crippen LogP contribution in [0, 0.1) is 5.92 Å². The summed E-state index contributed by atoms with van der Waals surface area (Å²) in [6.07, 6.45) is 15.8. The summed E-state index contributed by atoms with van der Waals surface area (Å²) in [5, 5.41) is 5.42. The first-order valence-corrected chi connectivity index (χ1v) is 15.8. The lowest BCUT2D eigenvalue weighted by Gasteiger charge is -2.19. The van der Waals surface area contributed by atoms with Gasteiger partial charge in [-0.1, -0.05) is 121 Å². The van der Waals surface area contributed by atoms with E-state index in [9.17, 15) is 9.59 Å². The average Bonchev–Trinajstić information content (AvgIpc) is 3.08. The van der Waals surface area contributed by atoms with Crippen LogP contribution in [0.5, 0.6) is 0 Å². The van der Waals surface area contributed by atoms with Gasteiger partial charge in [0.15, 0.2) is 0 Å². The maximum atomic E-state index is 12.6. The van der Waals surface area contributed by atoms with Crippen LogP contribution in [0.1, 0.15) is 95.1 Å². The lowest BCUT2D eigenvalue weighted by Crippen LogP contribution is -2.18. The number of pyridine rings is 1. The Morgan fingerprint density at radius 1 is 0.867 bits per heavy atom. The number of benzene rings is 1. The fraction of sp³-hybridized carbons (Fsp3) is 0.359. The van der Waals surface area contributed by atoms with Gasteiger partial charge in [-0.05, 0) is 66.3 Å². The van der Waals surface area contributed by atoms with Crippen LogP contribution in [0.4, 0.5) is 5.82 Å². The molecule has 0 saturated carbocycles. The molecule has 2 amide bonds. The Balaban J connectivity index is -0.000000771. The van der Waals surface area contributed by atoms with Gasteiger partial charge in [0, 0.05) is 23.3 Å². The molecule has 1 aromatic heterocycles. The fourth-order valence-electron chi connectivity index (χ4n) is 3.13. The number of ether oxygens (including phenoxy) is 1. The molecule has 6 nitrogen and oxygen atoms in total. The third kappa shape index (κ3) is 21.8. The number of carbonyl (C=O) groups excluding carboxylic acids is 2. The zero-order valence-electron chi connectivity index (χ0n) is 29.9. The highest BCUT2D eigenvalue weighted by Crippen LogP contribution is 2.26. The minimum absolute atomic E-state index is 0.0232. The van der Waals surface area contributed by atoms with Gasteiger partial charge in [0.25, 0.3) is 5.91 Å².